The molecule has 0 atom stereocenters. The second-order valence-electron chi connectivity index (χ2n) is 9.17. The number of hydrogen-bond donors (Lipinski definition) is 0. The van der Waals surface area contributed by atoms with Crippen LogP contribution in [0.2, 0.25) is 0 Å². The van der Waals surface area contributed by atoms with Gasteiger partial charge in [0.2, 0.25) is 5.71 Å². The molecule has 0 bridgehead atoms. The summed E-state index contributed by atoms with van der Waals surface area (Å²) < 4.78 is 8.11. The van der Waals surface area contributed by atoms with Gasteiger partial charge in [0.25, 0.3) is 0 Å². The van der Waals surface area contributed by atoms with Gasteiger partial charge in [-0.25, -0.2) is 0 Å². The van der Waals surface area contributed by atoms with Crippen LogP contribution >= 0.6 is 0 Å². The number of nitrogens with zero attached hydrogens (tertiary/aromatic N) is 2. The van der Waals surface area contributed by atoms with Gasteiger partial charge < -0.3 is 8.98 Å². The van der Waals surface area contributed by atoms with Crippen LogP contribution in [0.4, 0.5) is 0 Å². The molecule has 1 aliphatic carbocycles. The van der Waals surface area contributed by atoms with Gasteiger partial charge in [0, 0.05) is 29.3 Å². The fourth-order valence-corrected chi connectivity index (χ4v) is 4.99. The van der Waals surface area contributed by atoms with Gasteiger partial charge in [-0.05, 0) is 34.5 Å². The maximum atomic E-state index is 13.4. The Morgan fingerprint density at radius 1 is 0.730 bits per heavy atom. The van der Waals surface area contributed by atoms with Crippen LogP contribution in [0.5, 0.6) is 0 Å². The van der Waals surface area contributed by atoms with Crippen LogP contribution in [0.15, 0.2) is 113 Å². The van der Waals surface area contributed by atoms with Gasteiger partial charge in [-0.3, -0.25) is 9.59 Å². The first kappa shape index (κ1) is 21.3. The largest absolute Gasteiger partial charge is 0.436 e. The first-order valence-corrected chi connectivity index (χ1v) is 12.1. The van der Waals surface area contributed by atoms with Gasteiger partial charge >= 0.3 is 0 Å². The summed E-state index contributed by atoms with van der Waals surface area (Å²) in [5.41, 5.74) is 4.28. The molecule has 5 nitrogen and oxygen atoms in total. The van der Waals surface area contributed by atoms with Gasteiger partial charge in [-0.15, -0.1) is 0 Å². The van der Waals surface area contributed by atoms with Gasteiger partial charge in [0.1, 0.15) is 17.1 Å². The maximum absolute atomic E-state index is 13.4. The Balaban J connectivity index is 1.37. The lowest BCUT2D eigenvalue weighted by molar-refractivity contribution is 0.0990. The molecular formula is C32H20N2O3. The second kappa shape index (κ2) is 8.28. The molecule has 4 aromatic carbocycles. The Morgan fingerprint density at radius 3 is 1.97 bits per heavy atom. The van der Waals surface area contributed by atoms with Crippen LogP contribution in [0.25, 0.3) is 39.4 Å². The summed E-state index contributed by atoms with van der Waals surface area (Å²) >= 11 is 0. The number of benzene rings is 4. The van der Waals surface area contributed by atoms with Crippen LogP contribution in [-0.4, -0.2) is 21.1 Å². The number of allylic oxidation sites excluding steroid dienone is 1. The molecule has 0 N–H and O–H groups in total. The number of imidazole rings is 1. The molecule has 0 spiro atoms. The molecule has 0 aliphatic heterocycles. The third kappa shape index (κ3) is 3.52. The van der Waals surface area contributed by atoms with E-state index in [9.17, 15) is 9.59 Å². The molecule has 0 fully saturated rings. The maximum Gasteiger partial charge on any atom is 0.245 e. The lowest BCUT2D eigenvalue weighted by atomic mass is 10.0. The lowest BCUT2D eigenvalue weighted by Crippen LogP contribution is -2.05. The monoisotopic (exact) mass is 480 g/mol. The fraction of sp³-hybridized carbons (Fsp3) is 0.0312. The second-order valence-corrected chi connectivity index (χ2v) is 9.17. The molecule has 5 heteroatoms. The van der Waals surface area contributed by atoms with E-state index in [0.717, 1.165) is 27.4 Å². The van der Waals surface area contributed by atoms with E-state index in [2.05, 4.69) is 0 Å². The predicted molar refractivity (Wildman–Crippen MR) is 144 cm³/mol. The number of carbonyl (C=O) groups is 2. The first-order valence-electron chi connectivity index (χ1n) is 12.1. The molecule has 0 saturated carbocycles. The molecule has 7 rings (SSSR count). The average molecular weight is 481 g/mol. The minimum atomic E-state index is -0.276. The van der Waals surface area contributed by atoms with Crippen LogP contribution < -0.4 is 0 Å². The van der Waals surface area contributed by atoms with Gasteiger partial charge in [-0.1, -0.05) is 84.9 Å². The van der Waals surface area contributed by atoms with E-state index in [0.29, 0.717) is 35.0 Å². The van der Waals surface area contributed by atoms with Crippen molar-refractivity contribution < 1.29 is 14.0 Å². The van der Waals surface area contributed by atoms with E-state index in [1.54, 1.807) is 18.2 Å². The summed E-state index contributed by atoms with van der Waals surface area (Å²) in [6, 6.07) is 33.2. The summed E-state index contributed by atoms with van der Waals surface area (Å²) in [7, 11) is 0. The first-order chi connectivity index (χ1) is 18.2. The van der Waals surface area contributed by atoms with Crippen molar-refractivity contribution in [3.63, 3.8) is 0 Å². The van der Waals surface area contributed by atoms with Crippen molar-refractivity contribution in [2.45, 2.75) is 6.54 Å². The van der Waals surface area contributed by atoms with Gasteiger partial charge in [0.15, 0.2) is 11.6 Å². The van der Waals surface area contributed by atoms with Gasteiger partial charge in [0.05, 0.1) is 5.57 Å². The highest BCUT2D eigenvalue weighted by molar-refractivity contribution is 6.42. The predicted octanol–water partition coefficient (Wildman–Crippen LogP) is 6.96. The molecule has 1 aliphatic rings. The van der Waals surface area contributed by atoms with E-state index in [1.165, 1.54) is 0 Å². The molecule has 0 radical (unpaired) electrons. The molecule has 37 heavy (non-hydrogen) atoms. The minimum absolute atomic E-state index is 0.121. The van der Waals surface area contributed by atoms with Crippen LogP contribution in [0, 0.1) is 0 Å². The van der Waals surface area contributed by atoms with E-state index in [-0.39, 0.29) is 17.1 Å². The Bertz CT molecular complexity index is 1820. The molecule has 0 unspecified atom stereocenters. The Morgan fingerprint density at radius 2 is 1.32 bits per heavy atom. The van der Waals surface area contributed by atoms with E-state index < -0.39 is 0 Å². The number of ketones is 2. The highest BCUT2D eigenvalue weighted by Gasteiger charge is 2.34. The molecule has 0 saturated heterocycles. The van der Waals surface area contributed by atoms with Crippen LogP contribution in [-0.2, 0) is 6.54 Å². The fourth-order valence-electron chi connectivity index (χ4n) is 4.99. The standard InChI is InChI=1S/C32H20N2O3/c35-30-24-15-22-13-7-8-14-23(22)16-25(24)31(36)26(30)17-29-33-32-27(34(29)19-20-9-3-1-4-10-20)18-28(37-32)21-11-5-2-6-12-21/h1-18H,19H2. The van der Waals surface area contributed by atoms with Crippen molar-refractivity contribution in [1.82, 2.24) is 9.55 Å². The molecule has 176 valence electrons. The van der Waals surface area contributed by atoms with Crippen LogP contribution in [0.3, 0.4) is 0 Å². The number of aromatic nitrogens is 2. The summed E-state index contributed by atoms with van der Waals surface area (Å²) in [4.78, 5) is 31.5. The Hall–Kier alpha value is -5.03. The van der Waals surface area contributed by atoms with Crippen LogP contribution in [0.1, 0.15) is 32.1 Å². The quantitative estimate of drug-likeness (QED) is 0.202. The topological polar surface area (TPSA) is 65.1 Å². The third-order valence-corrected chi connectivity index (χ3v) is 6.86. The number of hydrogen-bond acceptors (Lipinski definition) is 4. The summed E-state index contributed by atoms with van der Waals surface area (Å²) in [5, 5.41) is 1.86. The summed E-state index contributed by atoms with van der Waals surface area (Å²) in [5.74, 6) is 0.667. The molecular weight excluding hydrogens is 460 g/mol. The lowest BCUT2D eigenvalue weighted by Gasteiger charge is -2.07. The van der Waals surface area contributed by atoms with Crippen molar-refractivity contribution in [3.8, 4) is 11.3 Å². The summed E-state index contributed by atoms with van der Waals surface area (Å²) in [6.45, 7) is 0.517. The van der Waals surface area contributed by atoms with E-state index >= 15 is 0 Å². The van der Waals surface area contributed by atoms with Crippen molar-refractivity contribution in [2.24, 2.45) is 0 Å². The normalized spacial score (nSPS) is 13.0. The number of carbonyl (C=O) groups excluding carboxylic acids is 2. The van der Waals surface area contributed by atoms with E-state index in [1.807, 2.05) is 95.6 Å². The molecule has 0 amide bonds. The highest BCUT2D eigenvalue weighted by Crippen LogP contribution is 2.33. The Kier molecular flexibility index (Phi) is 4.76. The molecule has 2 aromatic heterocycles. The zero-order valence-corrected chi connectivity index (χ0v) is 19.7. The molecule has 6 aromatic rings. The average Bonchev–Trinajstić information content (AvgIpc) is 3.56. The molecule has 2 heterocycles. The number of rotatable bonds is 4. The number of fused-ring (bicyclic) bond motifs is 3. The number of furan rings is 1. The zero-order valence-electron chi connectivity index (χ0n) is 19.7. The Labute approximate surface area is 212 Å². The van der Waals surface area contributed by atoms with Crippen molar-refractivity contribution in [2.75, 3.05) is 0 Å². The smallest absolute Gasteiger partial charge is 0.245 e. The third-order valence-electron chi connectivity index (χ3n) is 6.86. The van der Waals surface area contributed by atoms with Crippen molar-refractivity contribution >= 4 is 39.6 Å². The van der Waals surface area contributed by atoms with Crippen molar-refractivity contribution in [3.05, 3.63) is 131 Å². The SMILES string of the molecule is O=C1C(=Cc2nc3oc(-c4ccccc4)cc3n2Cc2ccccc2)C(=O)c2cc3ccccc3cc21. The van der Waals surface area contributed by atoms with E-state index in [4.69, 9.17) is 9.40 Å². The number of Topliss-reactive ketones (excluding diaryl/α,β-unsaturated/α-hetero) is 2. The van der Waals surface area contributed by atoms with Crippen molar-refractivity contribution in [1.29, 1.82) is 0 Å². The highest BCUT2D eigenvalue weighted by atomic mass is 16.3. The minimum Gasteiger partial charge on any atom is -0.436 e. The van der Waals surface area contributed by atoms with Gasteiger partial charge in [-0.2, -0.15) is 4.98 Å². The summed E-state index contributed by atoms with van der Waals surface area (Å²) in [6.07, 6.45) is 1.61. The zero-order chi connectivity index (χ0) is 24.9.